The summed E-state index contributed by atoms with van der Waals surface area (Å²) in [7, 11) is 0. The number of hydrogen-bond donors (Lipinski definition) is 3. The molecule has 0 fully saturated rings. The number of aliphatic hydroxyl groups excluding tert-OH is 1. The number of nitrogens with zero attached hydrogens (tertiary/aromatic N) is 1. The number of nitrogens with one attached hydrogen (secondary N) is 2. The van der Waals surface area contributed by atoms with Gasteiger partial charge in [0.2, 0.25) is 0 Å². The van der Waals surface area contributed by atoms with Gasteiger partial charge in [-0.05, 0) is 41.8 Å². The van der Waals surface area contributed by atoms with Crippen molar-refractivity contribution in [3.63, 3.8) is 0 Å². The lowest BCUT2D eigenvalue weighted by molar-refractivity contribution is -0.130. The van der Waals surface area contributed by atoms with E-state index >= 15 is 0 Å². The average Bonchev–Trinajstić information content (AvgIpc) is 3.18. The van der Waals surface area contributed by atoms with Gasteiger partial charge in [0.15, 0.2) is 6.10 Å². The van der Waals surface area contributed by atoms with Crippen LogP contribution in [0.1, 0.15) is 29.1 Å². The molecule has 3 aromatic carbocycles. The first-order valence-electron chi connectivity index (χ1n) is 9.32. The minimum Gasteiger partial charge on any atom is -0.378 e. The number of aromatic nitrogens is 2. The molecule has 146 valence electrons. The minimum atomic E-state index is -1.40. The Balaban J connectivity index is 1.60. The van der Waals surface area contributed by atoms with Gasteiger partial charge in [-0.3, -0.25) is 4.79 Å². The van der Waals surface area contributed by atoms with E-state index in [9.17, 15) is 14.3 Å². The first kappa shape index (κ1) is 18.8. The Morgan fingerprint density at radius 3 is 2.41 bits per heavy atom. The molecule has 5 nitrogen and oxygen atoms in total. The standard InChI is InChI=1S/C23H20FN3O2/c24-17-12-10-16(11-13-17)21(28)23(29)27-20(14-15-6-2-1-3-7-15)22-25-18-8-4-5-9-19(18)26-22/h1-13,20-21,28H,14H2,(H,25,26)(H,27,29)/t20-,21+/m0/s1. The molecule has 2 atom stereocenters. The molecule has 1 amide bonds. The molecule has 1 aromatic heterocycles. The number of aromatic amines is 1. The number of rotatable bonds is 6. The smallest absolute Gasteiger partial charge is 0.254 e. The zero-order valence-corrected chi connectivity index (χ0v) is 15.5. The van der Waals surface area contributed by atoms with Gasteiger partial charge >= 0.3 is 0 Å². The minimum absolute atomic E-state index is 0.326. The van der Waals surface area contributed by atoms with Crippen molar-refractivity contribution in [2.24, 2.45) is 0 Å². The van der Waals surface area contributed by atoms with Crippen LogP contribution in [0.25, 0.3) is 11.0 Å². The SMILES string of the molecule is O=C(N[C@@H](Cc1ccccc1)c1nc2ccccc2[nH]1)[C@H](O)c1ccc(F)cc1. The molecule has 1 heterocycles. The number of carbonyl (C=O) groups is 1. The van der Waals surface area contributed by atoms with Crippen LogP contribution >= 0.6 is 0 Å². The predicted octanol–water partition coefficient (Wildman–Crippen LogP) is 3.84. The molecular weight excluding hydrogens is 369 g/mol. The number of H-pyrrole nitrogens is 1. The largest absolute Gasteiger partial charge is 0.378 e. The summed E-state index contributed by atoms with van der Waals surface area (Å²) >= 11 is 0. The number of carbonyl (C=O) groups excluding carboxylic acids is 1. The van der Waals surface area contributed by atoms with E-state index in [4.69, 9.17) is 0 Å². The van der Waals surface area contributed by atoms with E-state index in [-0.39, 0.29) is 0 Å². The number of fused-ring (bicyclic) bond motifs is 1. The summed E-state index contributed by atoms with van der Waals surface area (Å²) in [5.74, 6) is -0.390. The highest BCUT2D eigenvalue weighted by atomic mass is 19.1. The molecule has 0 radical (unpaired) electrons. The quantitative estimate of drug-likeness (QED) is 0.469. The molecule has 0 aliphatic rings. The zero-order chi connectivity index (χ0) is 20.2. The Morgan fingerprint density at radius 1 is 1.00 bits per heavy atom. The van der Waals surface area contributed by atoms with E-state index < -0.39 is 23.9 Å². The number of aliphatic hydroxyl groups is 1. The number of amides is 1. The van der Waals surface area contributed by atoms with Gasteiger partial charge in [0.1, 0.15) is 11.6 Å². The van der Waals surface area contributed by atoms with E-state index in [0.717, 1.165) is 16.6 Å². The molecule has 29 heavy (non-hydrogen) atoms. The van der Waals surface area contributed by atoms with E-state index in [1.165, 1.54) is 24.3 Å². The van der Waals surface area contributed by atoms with E-state index in [0.29, 0.717) is 17.8 Å². The van der Waals surface area contributed by atoms with Gasteiger partial charge in [-0.2, -0.15) is 0 Å². The van der Waals surface area contributed by atoms with Gasteiger partial charge in [-0.15, -0.1) is 0 Å². The lowest BCUT2D eigenvalue weighted by Gasteiger charge is -2.19. The summed E-state index contributed by atoms with van der Waals surface area (Å²) in [4.78, 5) is 20.6. The Labute approximate surface area is 167 Å². The molecule has 4 rings (SSSR count). The monoisotopic (exact) mass is 389 g/mol. The molecule has 0 aliphatic heterocycles. The van der Waals surface area contributed by atoms with Gasteiger partial charge in [-0.1, -0.05) is 54.6 Å². The van der Waals surface area contributed by atoms with Crippen molar-refractivity contribution in [3.8, 4) is 0 Å². The molecule has 0 saturated heterocycles. The van der Waals surface area contributed by atoms with Crippen LogP contribution < -0.4 is 5.32 Å². The first-order chi connectivity index (χ1) is 14.1. The third-order valence-corrected chi connectivity index (χ3v) is 4.77. The number of para-hydroxylation sites is 2. The van der Waals surface area contributed by atoms with Crippen LogP contribution in [-0.4, -0.2) is 21.0 Å². The summed E-state index contributed by atoms with van der Waals surface area (Å²) < 4.78 is 13.1. The van der Waals surface area contributed by atoms with E-state index in [2.05, 4.69) is 15.3 Å². The van der Waals surface area contributed by atoms with Crippen molar-refractivity contribution in [2.75, 3.05) is 0 Å². The van der Waals surface area contributed by atoms with Crippen molar-refractivity contribution in [1.82, 2.24) is 15.3 Å². The van der Waals surface area contributed by atoms with Gasteiger partial charge in [0.25, 0.3) is 5.91 Å². The zero-order valence-electron chi connectivity index (χ0n) is 15.5. The van der Waals surface area contributed by atoms with Crippen molar-refractivity contribution in [2.45, 2.75) is 18.6 Å². The molecule has 0 aliphatic carbocycles. The normalized spacial score (nSPS) is 13.2. The first-order valence-corrected chi connectivity index (χ1v) is 9.32. The molecule has 4 aromatic rings. The predicted molar refractivity (Wildman–Crippen MR) is 108 cm³/mol. The highest BCUT2D eigenvalue weighted by Gasteiger charge is 2.24. The highest BCUT2D eigenvalue weighted by molar-refractivity contribution is 5.82. The number of hydrogen-bond acceptors (Lipinski definition) is 3. The van der Waals surface area contributed by atoms with E-state index in [1.807, 2.05) is 54.6 Å². The molecule has 6 heteroatoms. The van der Waals surface area contributed by atoms with Crippen LogP contribution in [0.5, 0.6) is 0 Å². The topological polar surface area (TPSA) is 78.0 Å². The highest BCUT2D eigenvalue weighted by Crippen LogP contribution is 2.22. The Hall–Kier alpha value is -3.51. The van der Waals surface area contributed by atoms with Crippen LogP contribution in [0.4, 0.5) is 4.39 Å². The Bertz CT molecular complexity index is 1080. The lowest BCUT2D eigenvalue weighted by atomic mass is 10.0. The van der Waals surface area contributed by atoms with Crippen LogP contribution in [0.3, 0.4) is 0 Å². The van der Waals surface area contributed by atoms with Gasteiger partial charge in [0, 0.05) is 0 Å². The molecule has 3 N–H and O–H groups in total. The number of imidazole rings is 1. The third-order valence-electron chi connectivity index (χ3n) is 4.77. The lowest BCUT2D eigenvalue weighted by Crippen LogP contribution is -2.34. The fraction of sp³-hybridized carbons (Fsp3) is 0.130. The molecule has 0 saturated carbocycles. The third kappa shape index (κ3) is 4.33. The number of halogens is 1. The Morgan fingerprint density at radius 2 is 1.69 bits per heavy atom. The van der Waals surface area contributed by atoms with Crippen LogP contribution in [-0.2, 0) is 11.2 Å². The second kappa shape index (κ2) is 8.24. The second-order valence-electron chi connectivity index (χ2n) is 6.84. The molecule has 0 unspecified atom stereocenters. The van der Waals surface area contributed by atoms with Gasteiger partial charge in [-0.25, -0.2) is 9.37 Å². The fourth-order valence-corrected chi connectivity index (χ4v) is 3.25. The van der Waals surface area contributed by atoms with E-state index in [1.54, 1.807) is 0 Å². The summed E-state index contributed by atoms with van der Waals surface area (Å²) in [5.41, 5.74) is 3.02. The average molecular weight is 389 g/mol. The van der Waals surface area contributed by atoms with Crippen LogP contribution in [0, 0.1) is 5.82 Å². The molecule has 0 bridgehead atoms. The Kier molecular flexibility index (Phi) is 5.35. The van der Waals surface area contributed by atoms with Crippen LogP contribution in [0.2, 0.25) is 0 Å². The summed E-state index contributed by atoms with van der Waals surface area (Å²) in [6.45, 7) is 0. The van der Waals surface area contributed by atoms with Crippen LogP contribution in [0.15, 0.2) is 78.9 Å². The number of benzene rings is 3. The summed E-state index contributed by atoms with van der Waals surface area (Å²) in [5, 5.41) is 13.3. The van der Waals surface area contributed by atoms with Crippen molar-refractivity contribution in [3.05, 3.63) is 102 Å². The second-order valence-corrected chi connectivity index (χ2v) is 6.84. The van der Waals surface area contributed by atoms with Gasteiger partial charge in [0.05, 0.1) is 17.1 Å². The van der Waals surface area contributed by atoms with Crippen molar-refractivity contribution >= 4 is 16.9 Å². The molecule has 0 spiro atoms. The van der Waals surface area contributed by atoms with Gasteiger partial charge < -0.3 is 15.4 Å². The summed E-state index contributed by atoms with van der Waals surface area (Å²) in [6, 6.07) is 22.1. The fourth-order valence-electron chi connectivity index (χ4n) is 3.25. The van der Waals surface area contributed by atoms with Crippen molar-refractivity contribution < 1.29 is 14.3 Å². The maximum absolute atomic E-state index is 13.1. The summed E-state index contributed by atoms with van der Waals surface area (Å²) in [6.07, 6.45) is -0.902. The maximum Gasteiger partial charge on any atom is 0.254 e. The maximum atomic E-state index is 13.1. The van der Waals surface area contributed by atoms with Crippen molar-refractivity contribution in [1.29, 1.82) is 0 Å². The molecular formula is C23H20FN3O2.